The molecule has 0 unspecified atom stereocenters. The van der Waals surface area contributed by atoms with Gasteiger partial charge in [-0.05, 0) is 49.1 Å². The van der Waals surface area contributed by atoms with E-state index in [9.17, 15) is 4.79 Å². The number of aromatic nitrogens is 2. The highest BCUT2D eigenvalue weighted by atomic mass is 35.5. The first-order valence-electron chi connectivity index (χ1n) is 8.45. The van der Waals surface area contributed by atoms with Crippen molar-refractivity contribution in [2.24, 2.45) is 0 Å². The minimum absolute atomic E-state index is 0.171. The molecule has 2 aromatic heterocycles. The number of ether oxygens (including phenoxy) is 1. The lowest BCUT2D eigenvalue weighted by atomic mass is 9.64. The number of fused-ring (bicyclic) bond motifs is 1. The number of halogens is 1. The van der Waals surface area contributed by atoms with Crippen LogP contribution < -0.4 is 0 Å². The molecule has 4 rings (SSSR count). The quantitative estimate of drug-likeness (QED) is 0.649. The molecular formula is C20H19ClN2O2. The van der Waals surface area contributed by atoms with Crippen LogP contribution in [0.1, 0.15) is 36.1 Å². The fourth-order valence-electron chi connectivity index (χ4n) is 3.46. The number of hydrogen-bond donors (Lipinski definition) is 0. The number of nitrogens with zero attached hydrogens (tertiary/aromatic N) is 2. The van der Waals surface area contributed by atoms with Crippen LogP contribution >= 0.6 is 11.6 Å². The first-order chi connectivity index (χ1) is 12.1. The summed E-state index contributed by atoms with van der Waals surface area (Å²) in [5.74, 6) is -0.171. The van der Waals surface area contributed by atoms with Crippen molar-refractivity contribution in [1.82, 2.24) is 9.38 Å². The maximum absolute atomic E-state index is 12.8. The van der Waals surface area contributed by atoms with Gasteiger partial charge < -0.3 is 9.14 Å². The molecule has 2 heterocycles. The molecule has 1 aliphatic rings. The Morgan fingerprint density at radius 2 is 2.04 bits per heavy atom. The zero-order valence-electron chi connectivity index (χ0n) is 14.0. The molecule has 0 N–H and O–H groups in total. The summed E-state index contributed by atoms with van der Waals surface area (Å²) in [6.07, 6.45) is 6.52. The van der Waals surface area contributed by atoms with E-state index in [1.165, 1.54) is 0 Å². The van der Waals surface area contributed by atoms with Gasteiger partial charge in [0, 0.05) is 17.4 Å². The summed E-state index contributed by atoms with van der Waals surface area (Å²) in [7, 11) is 0. The fourth-order valence-corrected chi connectivity index (χ4v) is 3.59. The van der Waals surface area contributed by atoms with E-state index in [4.69, 9.17) is 16.3 Å². The zero-order valence-corrected chi connectivity index (χ0v) is 14.8. The molecule has 1 fully saturated rings. The fraction of sp³-hybridized carbons (Fsp3) is 0.300. The van der Waals surface area contributed by atoms with E-state index in [2.05, 4.69) is 4.98 Å². The van der Waals surface area contributed by atoms with Gasteiger partial charge in [-0.1, -0.05) is 36.2 Å². The Labute approximate surface area is 151 Å². The third kappa shape index (κ3) is 2.81. The van der Waals surface area contributed by atoms with E-state index in [0.29, 0.717) is 5.02 Å². The molecular weight excluding hydrogens is 336 g/mol. The molecule has 5 heteroatoms. The van der Waals surface area contributed by atoms with Crippen LogP contribution in [0.25, 0.3) is 5.65 Å². The molecule has 0 atom stereocenters. The number of hydrogen-bond acceptors (Lipinski definition) is 3. The summed E-state index contributed by atoms with van der Waals surface area (Å²) >= 11 is 5.97. The second-order valence-corrected chi connectivity index (χ2v) is 7.11. The Balaban J connectivity index is 1.52. The summed E-state index contributed by atoms with van der Waals surface area (Å²) in [6.45, 7) is 2.21. The Kier molecular flexibility index (Phi) is 4.00. The highest BCUT2D eigenvalue weighted by Gasteiger charge is 2.47. The average Bonchev–Trinajstić information content (AvgIpc) is 2.98. The second-order valence-electron chi connectivity index (χ2n) is 6.67. The standard InChI is InChI=1S/C20H19ClN2O2/c1-14-4-2-11-23-12-17(22-18(14)23)13-25-19(24)20(9-3-10-20)15-5-7-16(21)8-6-15/h2,4-8,11-12H,3,9-10,13H2,1H3. The Bertz CT molecular complexity index is 927. The van der Waals surface area contributed by atoms with Gasteiger partial charge in [-0.3, -0.25) is 4.79 Å². The van der Waals surface area contributed by atoms with E-state index >= 15 is 0 Å². The number of carbonyl (C=O) groups excluding carboxylic acids is 1. The summed E-state index contributed by atoms with van der Waals surface area (Å²) < 4.78 is 7.60. The normalized spacial score (nSPS) is 15.8. The Hall–Kier alpha value is -2.33. The summed E-state index contributed by atoms with van der Waals surface area (Å²) in [6, 6.07) is 11.5. The maximum Gasteiger partial charge on any atom is 0.316 e. The van der Waals surface area contributed by atoms with Gasteiger partial charge in [0.1, 0.15) is 12.3 Å². The van der Waals surface area contributed by atoms with Crippen molar-refractivity contribution >= 4 is 23.2 Å². The predicted octanol–water partition coefficient (Wildman–Crippen LogP) is 4.46. The molecule has 25 heavy (non-hydrogen) atoms. The third-order valence-electron chi connectivity index (χ3n) is 5.07. The van der Waals surface area contributed by atoms with Crippen LogP contribution in [0.4, 0.5) is 0 Å². The van der Waals surface area contributed by atoms with Gasteiger partial charge in [0.2, 0.25) is 0 Å². The molecule has 0 spiro atoms. The second kappa shape index (κ2) is 6.19. The molecule has 3 aromatic rings. The van der Waals surface area contributed by atoms with E-state index in [1.54, 1.807) is 0 Å². The summed E-state index contributed by atoms with van der Waals surface area (Å²) in [5, 5.41) is 0.673. The van der Waals surface area contributed by atoms with Crippen LogP contribution in [0.5, 0.6) is 0 Å². The lowest BCUT2D eigenvalue weighted by Crippen LogP contribution is -2.43. The van der Waals surface area contributed by atoms with E-state index in [-0.39, 0.29) is 12.6 Å². The molecule has 0 saturated heterocycles. The molecule has 128 valence electrons. The predicted molar refractivity (Wildman–Crippen MR) is 96.7 cm³/mol. The van der Waals surface area contributed by atoms with Gasteiger partial charge in [0.05, 0.1) is 11.1 Å². The molecule has 1 saturated carbocycles. The first kappa shape index (κ1) is 16.2. The van der Waals surface area contributed by atoms with E-state index in [1.807, 2.05) is 60.1 Å². The number of rotatable bonds is 4. The van der Waals surface area contributed by atoms with Crippen LogP contribution in [0.2, 0.25) is 5.02 Å². The van der Waals surface area contributed by atoms with Crippen molar-refractivity contribution in [3.8, 4) is 0 Å². The van der Waals surface area contributed by atoms with E-state index < -0.39 is 5.41 Å². The number of esters is 1. The molecule has 0 radical (unpaired) electrons. The monoisotopic (exact) mass is 354 g/mol. The smallest absolute Gasteiger partial charge is 0.316 e. The average molecular weight is 355 g/mol. The van der Waals surface area contributed by atoms with Crippen molar-refractivity contribution in [2.75, 3.05) is 0 Å². The summed E-state index contributed by atoms with van der Waals surface area (Å²) in [5.41, 5.74) is 3.20. The molecule has 0 bridgehead atoms. The lowest BCUT2D eigenvalue weighted by molar-refractivity contribution is -0.156. The maximum atomic E-state index is 12.8. The SMILES string of the molecule is Cc1cccn2cc(COC(=O)C3(c4ccc(Cl)cc4)CCC3)nc12. The van der Waals surface area contributed by atoms with Gasteiger partial charge in [-0.2, -0.15) is 0 Å². The third-order valence-corrected chi connectivity index (χ3v) is 5.33. The van der Waals surface area contributed by atoms with Crippen molar-refractivity contribution < 1.29 is 9.53 Å². The Morgan fingerprint density at radius 3 is 2.68 bits per heavy atom. The van der Waals surface area contributed by atoms with Crippen molar-refractivity contribution in [1.29, 1.82) is 0 Å². The van der Waals surface area contributed by atoms with Crippen molar-refractivity contribution in [3.63, 3.8) is 0 Å². The van der Waals surface area contributed by atoms with Gasteiger partial charge in [-0.15, -0.1) is 0 Å². The largest absolute Gasteiger partial charge is 0.458 e. The highest BCUT2D eigenvalue weighted by Crippen LogP contribution is 2.45. The van der Waals surface area contributed by atoms with Crippen molar-refractivity contribution in [3.05, 3.63) is 70.6 Å². The molecule has 0 amide bonds. The number of carbonyl (C=O) groups is 1. The lowest BCUT2D eigenvalue weighted by Gasteiger charge is -2.39. The van der Waals surface area contributed by atoms with Crippen LogP contribution in [-0.2, 0) is 21.6 Å². The van der Waals surface area contributed by atoms with Crippen LogP contribution in [0, 0.1) is 6.92 Å². The minimum Gasteiger partial charge on any atom is -0.458 e. The van der Waals surface area contributed by atoms with Crippen molar-refractivity contribution in [2.45, 2.75) is 38.2 Å². The molecule has 1 aromatic carbocycles. The summed E-state index contributed by atoms with van der Waals surface area (Å²) in [4.78, 5) is 17.4. The number of benzene rings is 1. The zero-order chi connectivity index (χ0) is 17.4. The van der Waals surface area contributed by atoms with Gasteiger partial charge in [0.15, 0.2) is 0 Å². The molecule has 4 nitrogen and oxygen atoms in total. The molecule has 1 aliphatic carbocycles. The minimum atomic E-state index is -0.528. The van der Waals surface area contributed by atoms with Crippen LogP contribution in [0.3, 0.4) is 0 Å². The van der Waals surface area contributed by atoms with Gasteiger partial charge >= 0.3 is 5.97 Å². The number of imidazole rings is 1. The number of aryl methyl sites for hydroxylation is 1. The topological polar surface area (TPSA) is 43.6 Å². The highest BCUT2D eigenvalue weighted by molar-refractivity contribution is 6.30. The van der Waals surface area contributed by atoms with Crippen LogP contribution in [0.15, 0.2) is 48.8 Å². The first-order valence-corrected chi connectivity index (χ1v) is 8.83. The van der Waals surface area contributed by atoms with E-state index in [0.717, 1.165) is 41.7 Å². The molecule has 0 aliphatic heterocycles. The van der Waals surface area contributed by atoms with Gasteiger partial charge in [0.25, 0.3) is 0 Å². The van der Waals surface area contributed by atoms with Crippen LogP contribution in [-0.4, -0.2) is 15.4 Å². The van der Waals surface area contributed by atoms with Gasteiger partial charge in [-0.25, -0.2) is 4.98 Å². The number of pyridine rings is 1. The Morgan fingerprint density at radius 1 is 1.28 bits per heavy atom.